The Labute approximate surface area is 111 Å². The van der Waals surface area contributed by atoms with Crippen LogP contribution in [-0.2, 0) is 4.74 Å². The number of hydrogen-bond donors (Lipinski definition) is 3. The number of rotatable bonds is 4. The lowest BCUT2D eigenvalue weighted by Gasteiger charge is -2.21. The Hall–Kier alpha value is -1.73. The maximum atomic E-state index is 11.4. The first-order valence-corrected chi connectivity index (χ1v) is 5.88. The molecule has 3 N–H and O–H groups in total. The van der Waals surface area contributed by atoms with Crippen molar-refractivity contribution < 1.29 is 19.7 Å². The Kier molecular flexibility index (Phi) is 5.20. The van der Waals surface area contributed by atoms with Gasteiger partial charge in [0, 0.05) is 18.9 Å². The van der Waals surface area contributed by atoms with Crippen LogP contribution in [0, 0.1) is 0 Å². The molecule has 0 radical (unpaired) electrons. The van der Waals surface area contributed by atoms with Crippen LogP contribution in [0.3, 0.4) is 0 Å². The highest BCUT2D eigenvalue weighted by molar-refractivity contribution is 5.67. The number of carbonyl (C=O) groups excluding carboxylic acids is 1. The molecular formula is C12H19N3O4. The van der Waals surface area contributed by atoms with Crippen LogP contribution in [0.5, 0.6) is 0 Å². The summed E-state index contributed by atoms with van der Waals surface area (Å²) in [5.41, 5.74) is -0.376. The van der Waals surface area contributed by atoms with E-state index in [0.29, 0.717) is 0 Å². The first-order chi connectivity index (χ1) is 8.79. The summed E-state index contributed by atoms with van der Waals surface area (Å²) in [4.78, 5) is 19.0. The minimum Gasteiger partial charge on any atom is -0.444 e. The third-order valence-electron chi connectivity index (χ3n) is 2.11. The molecule has 2 atom stereocenters. The highest BCUT2D eigenvalue weighted by Gasteiger charge is 2.22. The van der Waals surface area contributed by atoms with E-state index in [1.54, 1.807) is 20.8 Å². The summed E-state index contributed by atoms with van der Waals surface area (Å²) >= 11 is 0. The summed E-state index contributed by atoms with van der Waals surface area (Å²) in [7, 11) is 0. The molecule has 0 aliphatic rings. The fourth-order valence-corrected chi connectivity index (χ4v) is 1.27. The van der Waals surface area contributed by atoms with E-state index in [4.69, 9.17) is 4.74 Å². The van der Waals surface area contributed by atoms with Gasteiger partial charge < -0.3 is 20.3 Å². The van der Waals surface area contributed by atoms with Crippen molar-refractivity contribution >= 4 is 6.09 Å². The van der Waals surface area contributed by atoms with Gasteiger partial charge in [-0.25, -0.2) is 4.79 Å². The molecular weight excluding hydrogens is 250 g/mol. The van der Waals surface area contributed by atoms with Gasteiger partial charge in [0.1, 0.15) is 17.8 Å². The van der Waals surface area contributed by atoms with Crippen LogP contribution >= 0.6 is 0 Å². The number of aliphatic hydroxyl groups is 2. The monoisotopic (exact) mass is 269 g/mol. The molecule has 0 fully saturated rings. The summed E-state index contributed by atoms with van der Waals surface area (Å²) < 4.78 is 5.00. The van der Waals surface area contributed by atoms with Gasteiger partial charge in [0.25, 0.3) is 0 Å². The van der Waals surface area contributed by atoms with Crippen molar-refractivity contribution in [3.05, 3.63) is 24.3 Å². The predicted molar refractivity (Wildman–Crippen MR) is 67.2 cm³/mol. The molecule has 7 heteroatoms. The van der Waals surface area contributed by atoms with Gasteiger partial charge in [0.2, 0.25) is 0 Å². The molecule has 1 aromatic rings. The fourth-order valence-electron chi connectivity index (χ4n) is 1.27. The summed E-state index contributed by atoms with van der Waals surface area (Å²) in [6, 6.07) is 0. The zero-order valence-corrected chi connectivity index (χ0v) is 11.2. The number of nitrogens with zero attached hydrogens (tertiary/aromatic N) is 2. The Balaban J connectivity index is 2.43. The molecule has 106 valence electrons. The Morgan fingerprint density at radius 3 is 2.63 bits per heavy atom. The van der Waals surface area contributed by atoms with E-state index in [0.717, 1.165) is 0 Å². The number of aliphatic hydroxyl groups excluding tert-OH is 2. The summed E-state index contributed by atoms with van der Waals surface area (Å²) in [6.45, 7) is 5.05. The van der Waals surface area contributed by atoms with Crippen LogP contribution < -0.4 is 5.32 Å². The summed E-state index contributed by atoms with van der Waals surface area (Å²) in [5.74, 6) is 0. The number of aromatic nitrogens is 2. The van der Waals surface area contributed by atoms with Gasteiger partial charge in [-0.2, -0.15) is 0 Å². The van der Waals surface area contributed by atoms with Crippen LogP contribution in [0.25, 0.3) is 0 Å². The van der Waals surface area contributed by atoms with Gasteiger partial charge in [0.15, 0.2) is 0 Å². The van der Waals surface area contributed by atoms with Crippen LogP contribution in [0.2, 0.25) is 0 Å². The first kappa shape index (κ1) is 15.3. The lowest BCUT2D eigenvalue weighted by atomic mass is 10.1. The normalized spacial score (nSPS) is 14.6. The topological polar surface area (TPSA) is 105 Å². The number of alkyl carbamates (subject to hydrolysis) is 1. The number of nitrogens with one attached hydrogen (secondary N) is 1. The smallest absolute Gasteiger partial charge is 0.407 e. The predicted octanol–water partition coefficient (Wildman–Crippen LogP) is 0.396. The Bertz CT molecular complexity index is 405. The fraction of sp³-hybridized carbons (Fsp3) is 0.583. The third-order valence-corrected chi connectivity index (χ3v) is 2.11. The van der Waals surface area contributed by atoms with Crippen molar-refractivity contribution in [1.82, 2.24) is 15.3 Å². The second-order valence-electron chi connectivity index (χ2n) is 5.03. The minimum atomic E-state index is -1.22. The third kappa shape index (κ3) is 5.62. The van der Waals surface area contributed by atoms with Crippen molar-refractivity contribution in [1.29, 1.82) is 0 Å². The molecule has 1 aromatic heterocycles. The van der Waals surface area contributed by atoms with E-state index in [2.05, 4.69) is 15.3 Å². The van der Waals surface area contributed by atoms with Crippen LogP contribution in [0.4, 0.5) is 4.79 Å². The van der Waals surface area contributed by atoms with Crippen molar-refractivity contribution in [3.8, 4) is 0 Å². The van der Waals surface area contributed by atoms with Crippen molar-refractivity contribution in [3.63, 3.8) is 0 Å². The molecule has 1 amide bonds. The minimum absolute atomic E-state index is 0.146. The van der Waals surface area contributed by atoms with Gasteiger partial charge in [-0.05, 0) is 20.8 Å². The summed E-state index contributed by atoms with van der Waals surface area (Å²) in [6.07, 6.45) is 1.15. The highest BCUT2D eigenvalue weighted by Crippen LogP contribution is 2.12. The zero-order chi connectivity index (χ0) is 14.5. The quantitative estimate of drug-likeness (QED) is 0.730. The SMILES string of the molecule is CC(C)(C)OC(=O)NCC(O)C(O)c1cnccn1. The molecule has 0 aromatic carbocycles. The van der Waals surface area contributed by atoms with Crippen LogP contribution in [-0.4, -0.2) is 44.5 Å². The lowest BCUT2D eigenvalue weighted by Crippen LogP contribution is -2.39. The van der Waals surface area contributed by atoms with Gasteiger partial charge >= 0.3 is 6.09 Å². The van der Waals surface area contributed by atoms with E-state index < -0.39 is 23.9 Å². The molecule has 0 bridgehead atoms. The molecule has 0 aliphatic heterocycles. The average Bonchev–Trinajstić information content (AvgIpc) is 2.34. The van der Waals surface area contributed by atoms with Crippen LogP contribution in [0.1, 0.15) is 32.6 Å². The van der Waals surface area contributed by atoms with Crippen molar-refractivity contribution in [2.75, 3.05) is 6.54 Å². The lowest BCUT2D eigenvalue weighted by molar-refractivity contribution is 0.0107. The summed E-state index contributed by atoms with van der Waals surface area (Å²) in [5, 5.41) is 21.9. The van der Waals surface area contributed by atoms with Gasteiger partial charge in [-0.1, -0.05) is 0 Å². The maximum absolute atomic E-state index is 11.4. The molecule has 0 spiro atoms. The van der Waals surface area contributed by atoms with Crippen LogP contribution in [0.15, 0.2) is 18.6 Å². The molecule has 0 saturated heterocycles. The Morgan fingerprint density at radius 2 is 2.11 bits per heavy atom. The van der Waals surface area contributed by atoms with E-state index in [1.807, 2.05) is 0 Å². The molecule has 0 aliphatic carbocycles. The van der Waals surface area contributed by atoms with E-state index in [-0.39, 0.29) is 12.2 Å². The van der Waals surface area contributed by atoms with Crippen molar-refractivity contribution in [2.24, 2.45) is 0 Å². The Morgan fingerprint density at radius 1 is 1.42 bits per heavy atom. The number of hydrogen-bond acceptors (Lipinski definition) is 6. The van der Waals surface area contributed by atoms with E-state index in [1.165, 1.54) is 18.6 Å². The van der Waals surface area contributed by atoms with E-state index in [9.17, 15) is 15.0 Å². The van der Waals surface area contributed by atoms with Gasteiger partial charge in [-0.3, -0.25) is 9.97 Å². The molecule has 1 rings (SSSR count). The largest absolute Gasteiger partial charge is 0.444 e. The maximum Gasteiger partial charge on any atom is 0.407 e. The van der Waals surface area contributed by atoms with Gasteiger partial charge in [0.05, 0.1) is 11.9 Å². The van der Waals surface area contributed by atoms with E-state index >= 15 is 0 Å². The standard InChI is InChI=1S/C12H19N3O4/c1-12(2,3)19-11(18)15-7-9(16)10(17)8-6-13-4-5-14-8/h4-6,9-10,16-17H,7H2,1-3H3,(H,15,18). The average molecular weight is 269 g/mol. The molecule has 1 heterocycles. The molecule has 2 unspecified atom stereocenters. The molecule has 0 saturated carbocycles. The number of amides is 1. The number of carbonyl (C=O) groups is 1. The van der Waals surface area contributed by atoms with Gasteiger partial charge in [-0.15, -0.1) is 0 Å². The molecule has 19 heavy (non-hydrogen) atoms. The zero-order valence-electron chi connectivity index (χ0n) is 11.2. The highest BCUT2D eigenvalue weighted by atomic mass is 16.6. The second kappa shape index (κ2) is 6.44. The number of ether oxygens (including phenoxy) is 1. The second-order valence-corrected chi connectivity index (χ2v) is 5.03. The first-order valence-electron chi connectivity index (χ1n) is 5.88. The molecule has 7 nitrogen and oxygen atoms in total. The van der Waals surface area contributed by atoms with Crippen molar-refractivity contribution in [2.45, 2.75) is 38.6 Å².